The average molecular weight is 238 g/mol. The summed E-state index contributed by atoms with van der Waals surface area (Å²) in [5, 5.41) is 0. The maximum Gasteiger partial charge on any atom is 0.217 e. The highest BCUT2D eigenvalue weighted by atomic mass is 16.1. The summed E-state index contributed by atoms with van der Waals surface area (Å²) < 4.78 is 0. The van der Waals surface area contributed by atoms with Crippen LogP contribution in [0, 0.1) is 5.92 Å². The molecule has 0 radical (unpaired) electrons. The smallest absolute Gasteiger partial charge is 0.217 e. The second-order valence-corrected chi connectivity index (χ2v) is 5.15. The van der Waals surface area contributed by atoms with Crippen LogP contribution in [-0.4, -0.2) is 30.4 Å². The van der Waals surface area contributed by atoms with Crippen molar-refractivity contribution < 1.29 is 4.79 Å². The molecule has 0 saturated carbocycles. The number of primary amides is 1. The largest absolute Gasteiger partial charge is 0.370 e. The summed E-state index contributed by atoms with van der Waals surface area (Å²) in [7, 11) is 0. The van der Waals surface area contributed by atoms with E-state index >= 15 is 0 Å². The van der Waals surface area contributed by atoms with Gasteiger partial charge >= 0.3 is 0 Å². The number of likely N-dealkylation sites (tertiary alicyclic amines) is 1. The molecule has 1 aliphatic rings. The number of hydrogen-bond acceptors (Lipinski definition) is 2. The number of carbonyl (C=O) groups excluding carboxylic acids is 1. The third-order valence-corrected chi connectivity index (χ3v) is 3.69. The Hall–Kier alpha value is -0.830. The highest BCUT2D eigenvalue weighted by Crippen LogP contribution is 2.20. The Labute approximate surface area is 105 Å². The minimum Gasteiger partial charge on any atom is -0.370 e. The molecule has 0 bridgehead atoms. The van der Waals surface area contributed by atoms with Crippen molar-refractivity contribution in [1.29, 1.82) is 0 Å². The van der Waals surface area contributed by atoms with Crippen LogP contribution >= 0.6 is 0 Å². The summed E-state index contributed by atoms with van der Waals surface area (Å²) in [6, 6.07) is 0. The van der Waals surface area contributed by atoms with Crippen LogP contribution in [0.4, 0.5) is 0 Å². The number of allylic oxidation sites excluding steroid dienone is 1. The molecule has 1 rings (SSSR count). The fourth-order valence-corrected chi connectivity index (χ4v) is 2.34. The van der Waals surface area contributed by atoms with Crippen LogP contribution < -0.4 is 5.73 Å². The quantitative estimate of drug-likeness (QED) is 0.722. The molecule has 0 spiro atoms. The molecule has 0 unspecified atom stereocenters. The van der Waals surface area contributed by atoms with Gasteiger partial charge in [0.1, 0.15) is 0 Å². The lowest BCUT2D eigenvalue weighted by molar-refractivity contribution is -0.119. The second kappa shape index (κ2) is 7.49. The lowest BCUT2D eigenvalue weighted by Gasteiger charge is -2.31. The van der Waals surface area contributed by atoms with Crippen molar-refractivity contribution in [2.75, 3.05) is 19.6 Å². The van der Waals surface area contributed by atoms with Gasteiger partial charge in [-0.05, 0) is 51.6 Å². The van der Waals surface area contributed by atoms with Gasteiger partial charge in [0.15, 0.2) is 0 Å². The Morgan fingerprint density at radius 3 is 2.59 bits per heavy atom. The molecule has 3 heteroatoms. The maximum absolute atomic E-state index is 10.8. The fraction of sp³-hybridized carbons (Fsp3) is 0.786. The first kappa shape index (κ1) is 14.2. The van der Waals surface area contributed by atoms with Gasteiger partial charge in [0.2, 0.25) is 5.91 Å². The van der Waals surface area contributed by atoms with E-state index < -0.39 is 0 Å². The molecule has 1 saturated heterocycles. The number of nitrogens with two attached hydrogens (primary N) is 1. The summed E-state index contributed by atoms with van der Waals surface area (Å²) in [4.78, 5) is 13.3. The summed E-state index contributed by atoms with van der Waals surface area (Å²) in [6.07, 6.45) is 7.47. The number of amides is 1. The number of rotatable bonds is 6. The number of piperidine rings is 1. The van der Waals surface area contributed by atoms with Crippen LogP contribution in [0.5, 0.6) is 0 Å². The average Bonchev–Trinajstić information content (AvgIpc) is 2.30. The normalized spacial score (nSPS) is 19.5. The van der Waals surface area contributed by atoms with Crippen molar-refractivity contribution in [3.8, 4) is 0 Å². The topological polar surface area (TPSA) is 46.3 Å². The van der Waals surface area contributed by atoms with Gasteiger partial charge < -0.3 is 10.6 Å². The van der Waals surface area contributed by atoms with E-state index in [1.165, 1.54) is 5.57 Å². The highest BCUT2D eigenvalue weighted by molar-refractivity contribution is 5.73. The standard InChI is InChI=1S/C14H26N2O/c1-3-12(2)5-4-8-16-9-6-13(7-10-16)11-14(15)17/h5,13H,3-4,6-11H2,1-2H3,(H2,15,17). The van der Waals surface area contributed by atoms with E-state index in [0.29, 0.717) is 12.3 Å². The fourth-order valence-electron chi connectivity index (χ4n) is 2.34. The van der Waals surface area contributed by atoms with Crippen molar-refractivity contribution in [3.63, 3.8) is 0 Å². The zero-order valence-corrected chi connectivity index (χ0v) is 11.2. The molecule has 1 heterocycles. The zero-order chi connectivity index (χ0) is 12.7. The molecule has 0 atom stereocenters. The number of hydrogen-bond donors (Lipinski definition) is 1. The summed E-state index contributed by atoms with van der Waals surface area (Å²) >= 11 is 0. The van der Waals surface area contributed by atoms with Crippen LogP contribution in [0.15, 0.2) is 11.6 Å². The highest BCUT2D eigenvalue weighted by Gasteiger charge is 2.19. The van der Waals surface area contributed by atoms with E-state index in [4.69, 9.17) is 5.73 Å². The molecule has 0 aromatic carbocycles. The summed E-state index contributed by atoms with van der Waals surface area (Å²) in [6.45, 7) is 7.79. The number of carbonyl (C=O) groups is 1. The van der Waals surface area contributed by atoms with Crippen LogP contribution in [0.25, 0.3) is 0 Å². The molecule has 0 aliphatic carbocycles. The third kappa shape index (κ3) is 5.87. The first-order valence-corrected chi connectivity index (χ1v) is 6.78. The first-order chi connectivity index (χ1) is 8.11. The van der Waals surface area contributed by atoms with Crippen molar-refractivity contribution in [1.82, 2.24) is 4.90 Å². The molecule has 1 amide bonds. The van der Waals surface area contributed by atoms with Crippen molar-refractivity contribution >= 4 is 5.91 Å². The van der Waals surface area contributed by atoms with Crippen molar-refractivity contribution in [2.24, 2.45) is 11.7 Å². The lowest BCUT2D eigenvalue weighted by atomic mass is 9.93. The van der Waals surface area contributed by atoms with Crippen LogP contribution in [-0.2, 0) is 4.79 Å². The molecule has 0 aromatic rings. The third-order valence-electron chi connectivity index (χ3n) is 3.69. The van der Waals surface area contributed by atoms with E-state index in [2.05, 4.69) is 24.8 Å². The SMILES string of the molecule is CCC(C)=CCCN1CCC(CC(N)=O)CC1. The van der Waals surface area contributed by atoms with E-state index in [1.807, 2.05) is 0 Å². The maximum atomic E-state index is 10.8. The van der Waals surface area contributed by atoms with Gasteiger partial charge in [-0.1, -0.05) is 18.6 Å². The Bertz CT molecular complexity index is 265. The zero-order valence-electron chi connectivity index (χ0n) is 11.2. The molecule has 1 fully saturated rings. The van der Waals surface area contributed by atoms with E-state index in [0.717, 1.165) is 45.3 Å². The molecule has 0 aromatic heterocycles. The van der Waals surface area contributed by atoms with Gasteiger partial charge in [-0.15, -0.1) is 0 Å². The van der Waals surface area contributed by atoms with Crippen molar-refractivity contribution in [3.05, 3.63) is 11.6 Å². The molecule has 3 nitrogen and oxygen atoms in total. The Kier molecular flexibility index (Phi) is 6.27. The van der Waals surface area contributed by atoms with E-state index in [9.17, 15) is 4.79 Å². The van der Waals surface area contributed by atoms with E-state index in [-0.39, 0.29) is 5.91 Å². The molecule has 2 N–H and O–H groups in total. The first-order valence-electron chi connectivity index (χ1n) is 6.78. The lowest BCUT2D eigenvalue weighted by Crippen LogP contribution is -2.35. The van der Waals surface area contributed by atoms with Crippen LogP contribution in [0.2, 0.25) is 0 Å². The molecule has 1 aliphatic heterocycles. The predicted octanol–water partition coefficient (Wildman–Crippen LogP) is 2.32. The van der Waals surface area contributed by atoms with Gasteiger partial charge in [0.05, 0.1) is 0 Å². The van der Waals surface area contributed by atoms with Gasteiger partial charge in [0, 0.05) is 13.0 Å². The predicted molar refractivity (Wildman–Crippen MR) is 71.6 cm³/mol. The van der Waals surface area contributed by atoms with Crippen LogP contribution in [0.1, 0.15) is 46.0 Å². The second-order valence-electron chi connectivity index (χ2n) is 5.15. The molecule has 17 heavy (non-hydrogen) atoms. The van der Waals surface area contributed by atoms with Gasteiger partial charge in [-0.25, -0.2) is 0 Å². The monoisotopic (exact) mass is 238 g/mol. The Balaban J connectivity index is 2.17. The van der Waals surface area contributed by atoms with Gasteiger partial charge in [-0.2, -0.15) is 0 Å². The van der Waals surface area contributed by atoms with Gasteiger partial charge in [0.25, 0.3) is 0 Å². The summed E-state index contributed by atoms with van der Waals surface area (Å²) in [5.74, 6) is 0.377. The minimum absolute atomic E-state index is 0.148. The minimum atomic E-state index is -0.148. The summed E-state index contributed by atoms with van der Waals surface area (Å²) in [5.41, 5.74) is 6.71. The molecule has 98 valence electrons. The van der Waals surface area contributed by atoms with E-state index in [1.54, 1.807) is 0 Å². The van der Waals surface area contributed by atoms with Gasteiger partial charge in [-0.3, -0.25) is 4.79 Å². The Morgan fingerprint density at radius 1 is 1.41 bits per heavy atom. The number of nitrogens with zero attached hydrogens (tertiary/aromatic N) is 1. The molecular formula is C14H26N2O. The molecular weight excluding hydrogens is 212 g/mol. The van der Waals surface area contributed by atoms with Crippen molar-refractivity contribution in [2.45, 2.75) is 46.0 Å². The Morgan fingerprint density at radius 2 is 2.06 bits per heavy atom. The van der Waals surface area contributed by atoms with Crippen LogP contribution in [0.3, 0.4) is 0 Å².